The normalized spacial score (nSPS) is 13.2. The van der Waals surface area contributed by atoms with Gasteiger partial charge < -0.3 is 15.6 Å². The van der Waals surface area contributed by atoms with Gasteiger partial charge in [0.05, 0.1) is 0 Å². The SMILES string of the molecule is Cn1ccc(C(=O)NC(CN)C(C)(C)C)cc1=O. The lowest BCUT2D eigenvalue weighted by Gasteiger charge is -2.30. The van der Waals surface area contributed by atoms with E-state index >= 15 is 0 Å². The van der Waals surface area contributed by atoms with Gasteiger partial charge in [-0.15, -0.1) is 0 Å². The molecule has 0 saturated heterocycles. The van der Waals surface area contributed by atoms with Crippen molar-refractivity contribution in [1.82, 2.24) is 9.88 Å². The van der Waals surface area contributed by atoms with Gasteiger partial charge in [0.2, 0.25) is 0 Å². The highest BCUT2D eigenvalue weighted by molar-refractivity contribution is 5.94. The molecule has 0 spiro atoms. The van der Waals surface area contributed by atoms with E-state index < -0.39 is 0 Å². The minimum atomic E-state index is -0.266. The third kappa shape index (κ3) is 3.43. The average Bonchev–Trinajstić information content (AvgIpc) is 2.27. The van der Waals surface area contributed by atoms with Crippen LogP contribution in [-0.4, -0.2) is 23.1 Å². The second-order valence-corrected chi connectivity index (χ2v) is 5.49. The van der Waals surface area contributed by atoms with Crippen molar-refractivity contribution in [2.45, 2.75) is 26.8 Å². The molecular formula is C13H21N3O2. The first-order valence-corrected chi connectivity index (χ1v) is 5.93. The average molecular weight is 251 g/mol. The number of carbonyl (C=O) groups is 1. The molecule has 1 aromatic rings. The van der Waals surface area contributed by atoms with Crippen molar-refractivity contribution in [2.24, 2.45) is 18.2 Å². The maximum Gasteiger partial charge on any atom is 0.251 e. The standard InChI is InChI=1S/C13H21N3O2/c1-13(2,3)10(8-14)15-12(18)9-5-6-16(4)11(17)7-9/h5-7,10H,8,14H2,1-4H3,(H,15,18). The van der Waals surface area contributed by atoms with Crippen LogP contribution in [0.3, 0.4) is 0 Å². The molecule has 1 unspecified atom stereocenters. The van der Waals surface area contributed by atoms with Gasteiger partial charge in [-0.05, 0) is 11.5 Å². The summed E-state index contributed by atoms with van der Waals surface area (Å²) in [5.41, 5.74) is 5.69. The lowest BCUT2D eigenvalue weighted by Crippen LogP contribution is -2.48. The van der Waals surface area contributed by atoms with Crippen LogP contribution in [0.4, 0.5) is 0 Å². The van der Waals surface area contributed by atoms with Gasteiger partial charge in [0.25, 0.3) is 11.5 Å². The number of nitrogens with zero attached hydrogens (tertiary/aromatic N) is 1. The van der Waals surface area contributed by atoms with Crippen LogP contribution in [0.15, 0.2) is 23.1 Å². The second-order valence-electron chi connectivity index (χ2n) is 5.49. The molecule has 1 atom stereocenters. The third-order valence-corrected chi connectivity index (χ3v) is 2.95. The molecule has 0 bridgehead atoms. The number of pyridine rings is 1. The summed E-state index contributed by atoms with van der Waals surface area (Å²) in [7, 11) is 1.64. The molecule has 3 N–H and O–H groups in total. The highest BCUT2D eigenvalue weighted by atomic mass is 16.2. The lowest BCUT2D eigenvalue weighted by molar-refractivity contribution is 0.0905. The molecule has 0 fully saturated rings. The minimum absolute atomic E-state index is 0.121. The summed E-state index contributed by atoms with van der Waals surface area (Å²) in [5, 5.41) is 2.86. The molecule has 1 rings (SSSR count). The summed E-state index contributed by atoms with van der Waals surface area (Å²) < 4.78 is 1.42. The molecule has 0 aliphatic heterocycles. The van der Waals surface area contributed by atoms with E-state index in [1.54, 1.807) is 19.3 Å². The molecule has 100 valence electrons. The quantitative estimate of drug-likeness (QED) is 0.820. The van der Waals surface area contributed by atoms with Crippen molar-refractivity contribution in [1.29, 1.82) is 0 Å². The number of amides is 1. The van der Waals surface area contributed by atoms with Gasteiger partial charge in [0.1, 0.15) is 0 Å². The Hall–Kier alpha value is -1.62. The Morgan fingerprint density at radius 2 is 2.11 bits per heavy atom. The zero-order valence-electron chi connectivity index (χ0n) is 11.4. The van der Waals surface area contributed by atoms with E-state index in [1.165, 1.54) is 10.6 Å². The van der Waals surface area contributed by atoms with Crippen LogP contribution < -0.4 is 16.6 Å². The summed E-state index contributed by atoms with van der Waals surface area (Å²) in [5.74, 6) is -0.266. The number of aromatic nitrogens is 1. The van der Waals surface area contributed by atoms with Gasteiger partial charge in [-0.2, -0.15) is 0 Å². The second kappa shape index (κ2) is 5.35. The highest BCUT2D eigenvalue weighted by Crippen LogP contribution is 2.18. The van der Waals surface area contributed by atoms with Crippen molar-refractivity contribution in [3.05, 3.63) is 34.2 Å². The molecule has 0 aromatic carbocycles. The number of rotatable bonds is 3. The van der Waals surface area contributed by atoms with Gasteiger partial charge in [-0.25, -0.2) is 0 Å². The number of nitrogens with two attached hydrogens (primary N) is 1. The number of carbonyl (C=O) groups excluding carboxylic acids is 1. The van der Waals surface area contributed by atoms with E-state index in [9.17, 15) is 9.59 Å². The molecule has 5 nitrogen and oxygen atoms in total. The maximum atomic E-state index is 12.0. The van der Waals surface area contributed by atoms with Crippen molar-refractivity contribution < 1.29 is 4.79 Å². The van der Waals surface area contributed by atoms with Crippen LogP contribution >= 0.6 is 0 Å². The zero-order valence-corrected chi connectivity index (χ0v) is 11.4. The molecule has 1 heterocycles. The lowest BCUT2D eigenvalue weighted by atomic mass is 9.86. The Bertz CT molecular complexity index is 486. The highest BCUT2D eigenvalue weighted by Gasteiger charge is 2.25. The first kappa shape index (κ1) is 14.4. The van der Waals surface area contributed by atoms with Crippen LogP contribution in [0.2, 0.25) is 0 Å². The number of hydrogen-bond acceptors (Lipinski definition) is 3. The van der Waals surface area contributed by atoms with Crippen LogP contribution in [0, 0.1) is 5.41 Å². The van der Waals surface area contributed by atoms with Crippen LogP contribution in [0.25, 0.3) is 0 Å². The van der Waals surface area contributed by atoms with Crippen molar-refractivity contribution >= 4 is 5.91 Å². The summed E-state index contributed by atoms with van der Waals surface area (Å²) >= 11 is 0. The third-order valence-electron chi connectivity index (χ3n) is 2.95. The summed E-state index contributed by atoms with van der Waals surface area (Å²) in [6.07, 6.45) is 1.58. The summed E-state index contributed by atoms with van der Waals surface area (Å²) in [6.45, 7) is 6.39. The molecule has 0 aliphatic carbocycles. The van der Waals surface area contributed by atoms with Crippen LogP contribution in [-0.2, 0) is 7.05 Å². The van der Waals surface area contributed by atoms with Crippen molar-refractivity contribution in [2.75, 3.05) is 6.54 Å². The van der Waals surface area contributed by atoms with Crippen LogP contribution in [0.5, 0.6) is 0 Å². The van der Waals surface area contributed by atoms with E-state index in [2.05, 4.69) is 5.32 Å². The summed E-state index contributed by atoms with van der Waals surface area (Å²) in [6, 6.07) is 2.81. The van der Waals surface area contributed by atoms with E-state index in [-0.39, 0.29) is 22.9 Å². The first-order chi connectivity index (χ1) is 8.25. The van der Waals surface area contributed by atoms with Crippen molar-refractivity contribution in [3.8, 4) is 0 Å². The number of hydrogen-bond donors (Lipinski definition) is 2. The van der Waals surface area contributed by atoms with Gasteiger partial charge in [-0.3, -0.25) is 9.59 Å². The Kier molecular flexibility index (Phi) is 4.29. The van der Waals surface area contributed by atoms with Gasteiger partial charge in [0.15, 0.2) is 0 Å². The van der Waals surface area contributed by atoms with E-state index in [4.69, 9.17) is 5.73 Å². The monoisotopic (exact) mass is 251 g/mol. The zero-order chi connectivity index (χ0) is 13.9. The Morgan fingerprint density at radius 1 is 1.50 bits per heavy atom. The fourth-order valence-corrected chi connectivity index (χ4v) is 1.56. The van der Waals surface area contributed by atoms with Gasteiger partial charge >= 0.3 is 0 Å². The van der Waals surface area contributed by atoms with E-state index in [1.807, 2.05) is 20.8 Å². The topological polar surface area (TPSA) is 77.1 Å². The molecule has 1 amide bonds. The number of aryl methyl sites for hydroxylation is 1. The molecule has 0 radical (unpaired) electrons. The predicted molar refractivity (Wildman–Crippen MR) is 71.4 cm³/mol. The molecule has 0 aliphatic rings. The molecule has 1 aromatic heterocycles. The minimum Gasteiger partial charge on any atom is -0.348 e. The smallest absolute Gasteiger partial charge is 0.251 e. The van der Waals surface area contributed by atoms with Crippen LogP contribution in [0.1, 0.15) is 31.1 Å². The Morgan fingerprint density at radius 3 is 2.56 bits per heavy atom. The van der Waals surface area contributed by atoms with E-state index in [0.717, 1.165) is 0 Å². The van der Waals surface area contributed by atoms with E-state index in [0.29, 0.717) is 12.1 Å². The Labute approximate surface area is 107 Å². The summed E-state index contributed by atoms with van der Waals surface area (Å²) in [4.78, 5) is 23.5. The van der Waals surface area contributed by atoms with Crippen molar-refractivity contribution in [3.63, 3.8) is 0 Å². The fraction of sp³-hybridized carbons (Fsp3) is 0.538. The largest absolute Gasteiger partial charge is 0.348 e. The van der Waals surface area contributed by atoms with Gasteiger partial charge in [-0.1, -0.05) is 20.8 Å². The first-order valence-electron chi connectivity index (χ1n) is 5.93. The molecule has 5 heteroatoms. The number of nitrogens with one attached hydrogen (secondary N) is 1. The van der Waals surface area contributed by atoms with Gasteiger partial charge in [0, 0.05) is 37.5 Å². The predicted octanol–water partition coefficient (Wildman–Crippen LogP) is 0.489. The molecule has 0 saturated carbocycles. The molecule has 18 heavy (non-hydrogen) atoms. The fourth-order valence-electron chi connectivity index (χ4n) is 1.56. The molecular weight excluding hydrogens is 230 g/mol. The Balaban J connectivity index is 2.88. The maximum absolute atomic E-state index is 12.0.